The highest BCUT2D eigenvalue weighted by Crippen LogP contribution is 2.36. The molecular formula is C26H44N2O2. The second kappa shape index (κ2) is 10.2. The molecule has 0 saturated heterocycles. The summed E-state index contributed by atoms with van der Waals surface area (Å²) in [4.78, 5) is 4.44. The fraction of sp³-hybridized carbons (Fsp3) is 0.731. The molecule has 1 aliphatic heterocycles. The van der Waals surface area contributed by atoms with E-state index in [-0.39, 0.29) is 11.5 Å². The van der Waals surface area contributed by atoms with Gasteiger partial charge in [0.05, 0.1) is 12.6 Å². The van der Waals surface area contributed by atoms with Gasteiger partial charge in [0.15, 0.2) is 0 Å². The summed E-state index contributed by atoms with van der Waals surface area (Å²) in [5.74, 6) is 3.42. The molecule has 2 aliphatic rings. The number of rotatable bonds is 3. The summed E-state index contributed by atoms with van der Waals surface area (Å²) in [6.07, 6.45) is 4.30. The number of benzene rings is 1. The lowest BCUT2D eigenvalue weighted by molar-refractivity contribution is 0.0266. The van der Waals surface area contributed by atoms with Crippen LogP contribution in [0.5, 0.6) is 5.75 Å². The van der Waals surface area contributed by atoms with Gasteiger partial charge in [0.25, 0.3) is 0 Å². The van der Waals surface area contributed by atoms with Crippen molar-refractivity contribution in [1.82, 2.24) is 5.32 Å². The first-order valence-electron chi connectivity index (χ1n) is 11.7. The smallest absolute Gasteiger partial charge is 0.122 e. The lowest BCUT2D eigenvalue weighted by Gasteiger charge is -2.33. The largest absolute Gasteiger partial charge is 0.507 e. The Hall–Kier alpha value is -1.55. The predicted octanol–water partition coefficient (Wildman–Crippen LogP) is 5.29. The number of phenolic OH excluding ortho intramolecular Hbond substituents is 1. The molecule has 0 bridgehead atoms. The summed E-state index contributed by atoms with van der Waals surface area (Å²) < 4.78 is 0. The average molecular weight is 417 g/mol. The molecular weight excluding hydrogens is 372 g/mol. The lowest BCUT2D eigenvalue weighted by Crippen LogP contribution is -2.31. The number of hydrogen-bond donors (Lipinski definition) is 3. The summed E-state index contributed by atoms with van der Waals surface area (Å²) in [7, 11) is 0. The number of aryl methyl sites for hydroxylation is 1. The normalized spacial score (nSPS) is 24.2. The van der Waals surface area contributed by atoms with Gasteiger partial charge < -0.3 is 15.5 Å². The van der Waals surface area contributed by atoms with Crippen LogP contribution >= 0.6 is 0 Å². The number of phenols is 1. The molecule has 4 heteroatoms. The molecule has 0 aromatic heterocycles. The number of aliphatic imine (C=N–C) groups is 1. The molecule has 1 aromatic rings. The monoisotopic (exact) mass is 416 g/mol. The number of amidine groups is 1. The van der Waals surface area contributed by atoms with Gasteiger partial charge in [-0.05, 0) is 72.1 Å². The van der Waals surface area contributed by atoms with Gasteiger partial charge in [-0.1, -0.05) is 54.0 Å². The Kier molecular flexibility index (Phi) is 8.38. The van der Waals surface area contributed by atoms with E-state index in [1.807, 2.05) is 6.92 Å². The molecule has 0 spiro atoms. The molecule has 1 fully saturated rings. The van der Waals surface area contributed by atoms with Crippen molar-refractivity contribution in [3.8, 4) is 5.75 Å². The Balaban J connectivity index is 0.000000248. The third-order valence-corrected chi connectivity index (χ3v) is 6.78. The minimum absolute atomic E-state index is 0.0289. The van der Waals surface area contributed by atoms with E-state index in [9.17, 15) is 10.2 Å². The summed E-state index contributed by atoms with van der Waals surface area (Å²) >= 11 is 0. The third kappa shape index (κ3) is 6.23. The highest BCUT2D eigenvalue weighted by atomic mass is 16.3. The van der Waals surface area contributed by atoms with Crippen LogP contribution < -0.4 is 5.32 Å². The summed E-state index contributed by atoms with van der Waals surface area (Å²) in [6.45, 7) is 19.0. The van der Waals surface area contributed by atoms with Crippen LogP contribution in [0.1, 0.15) is 83.1 Å². The van der Waals surface area contributed by atoms with Gasteiger partial charge in [0.2, 0.25) is 0 Å². The molecule has 3 N–H and O–H groups in total. The van der Waals surface area contributed by atoms with Crippen molar-refractivity contribution < 1.29 is 10.2 Å². The zero-order chi connectivity index (χ0) is 22.6. The Morgan fingerprint density at radius 1 is 1.20 bits per heavy atom. The second-order valence-corrected chi connectivity index (χ2v) is 10.8. The summed E-state index contributed by atoms with van der Waals surface area (Å²) in [6, 6.07) is 2.12. The molecule has 30 heavy (non-hydrogen) atoms. The number of hydrogen-bond acceptors (Lipinski definition) is 4. The van der Waals surface area contributed by atoms with Crippen molar-refractivity contribution in [2.45, 2.75) is 92.6 Å². The van der Waals surface area contributed by atoms with E-state index in [0.717, 1.165) is 48.8 Å². The first kappa shape index (κ1) is 24.7. The molecule has 0 amide bonds. The molecule has 3 rings (SSSR count). The molecule has 1 heterocycles. The highest BCUT2D eigenvalue weighted by Gasteiger charge is 2.28. The maximum Gasteiger partial charge on any atom is 0.122 e. The Morgan fingerprint density at radius 3 is 2.37 bits per heavy atom. The molecule has 3 atom stereocenters. The molecule has 1 aliphatic carbocycles. The molecule has 170 valence electrons. The van der Waals surface area contributed by atoms with E-state index in [4.69, 9.17) is 0 Å². The van der Waals surface area contributed by atoms with Gasteiger partial charge >= 0.3 is 0 Å². The quantitative estimate of drug-likeness (QED) is 0.627. The molecule has 4 nitrogen and oxygen atoms in total. The highest BCUT2D eigenvalue weighted by molar-refractivity contribution is 5.86. The van der Waals surface area contributed by atoms with E-state index in [2.05, 4.69) is 64.8 Å². The zero-order valence-electron chi connectivity index (χ0n) is 20.5. The molecule has 1 saturated carbocycles. The standard InChI is InChI=1S/C16H24N2O.C10H20O/c1-10-8-13(16(3,4)5)15(19)11(2)12(10)9-14-17-6-7-18-14;1-7(2)9-5-4-8(3)6-10(9)11/h8,19H,6-7,9H2,1-5H3,(H,17,18);7-11H,4-6H2,1-3H3. The predicted molar refractivity (Wildman–Crippen MR) is 128 cm³/mol. The van der Waals surface area contributed by atoms with Crippen molar-refractivity contribution in [1.29, 1.82) is 0 Å². The minimum atomic E-state index is -0.0404. The fourth-order valence-electron chi connectivity index (χ4n) is 4.74. The number of aliphatic hydroxyl groups is 1. The minimum Gasteiger partial charge on any atom is -0.507 e. The third-order valence-electron chi connectivity index (χ3n) is 6.78. The van der Waals surface area contributed by atoms with Crippen LogP contribution in [0.4, 0.5) is 0 Å². The van der Waals surface area contributed by atoms with Gasteiger partial charge in [-0.2, -0.15) is 0 Å². The Labute approximate surface area is 184 Å². The summed E-state index contributed by atoms with van der Waals surface area (Å²) in [5, 5.41) is 23.5. The van der Waals surface area contributed by atoms with Gasteiger partial charge in [-0.15, -0.1) is 0 Å². The molecule has 1 aromatic carbocycles. The molecule has 3 unspecified atom stereocenters. The zero-order valence-corrected chi connectivity index (χ0v) is 20.5. The average Bonchev–Trinajstić information content (AvgIpc) is 3.14. The lowest BCUT2D eigenvalue weighted by atomic mass is 9.75. The van der Waals surface area contributed by atoms with Crippen LogP contribution in [0.3, 0.4) is 0 Å². The van der Waals surface area contributed by atoms with Crippen LogP contribution in [0, 0.1) is 31.6 Å². The van der Waals surface area contributed by atoms with E-state index >= 15 is 0 Å². The fourth-order valence-corrected chi connectivity index (χ4v) is 4.74. The van der Waals surface area contributed by atoms with Crippen molar-refractivity contribution in [3.05, 3.63) is 28.3 Å². The van der Waals surface area contributed by atoms with E-state index in [0.29, 0.717) is 17.6 Å². The summed E-state index contributed by atoms with van der Waals surface area (Å²) in [5.41, 5.74) is 4.39. The van der Waals surface area contributed by atoms with Crippen LogP contribution in [0.25, 0.3) is 0 Å². The van der Waals surface area contributed by atoms with Gasteiger partial charge in [0.1, 0.15) is 11.6 Å². The van der Waals surface area contributed by atoms with Crippen LogP contribution in [0.15, 0.2) is 11.1 Å². The van der Waals surface area contributed by atoms with Crippen molar-refractivity contribution in [2.75, 3.05) is 13.1 Å². The topological polar surface area (TPSA) is 64.8 Å². The van der Waals surface area contributed by atoms with Crippen molar-refractivity contribution >= 4 is 5.84 Å². The van der Waals surface area contributed by atoms with Crippen molar-refractivity contribution in [2.24, 2.45) is 22.7 Å². The molecule has 0 radical (unpaired) electrons. The first-order chi connectivity index (χ1) is 13.9. The number of nitrogens with zero attached hydrogens (tertiary/aromatic N) is 1. The van der Waals surface area contributed by atoms with Crippen LogP contribution in [-0.2, 0) is 11.8 Å². The van der Waals surface area contributed by atoms with E-state index in [1.165, 1.54) is 24.0 Å². The second-order valence-electron chi connectivity index (χ2n) is 10.8. The maximum atomic E-state index is 10.5. The van der Waals surface area contributed by atoms with Crippen LogP contribution in [0.2, 0.25) is 0 Å². The van der Waals surface area contributed by atoms with Gasteiger partial charge in [0, 0.05) is 13.0 Å². The van der Waals surface area contributed by atoms with Crippen molar-refractivity contribution in [3.63, 3.8) is 0 Å². The van der Waals surface area contributed by atoms with Gasteiger partial charge in [-0.3, -0.25) is 4.99 Å². The first-order valence-corrected chi connectivity index (χ1v) is 11.7. The number of nitrogens with one attached hydrogen (secondary N) is 1. The van der Waals surface area contributed by atoms with E-state index in [1.54, 1.807) is 0 Å². The maximum absolute atomic E-state index is 10.5. The van der Waals surface area contributed by atoms with Crippen LogP contribution in [-0.4, -0.2) is 35.2 Å². The number of aliphatic hydroxyl groups excluding tert-OH is 1. The Bertz CT molecular complexity index is 746. The SMILES string of the molecule is CC1CCC(C(C)C)C(O)C1.Cc1cc(C(C)(C)C)c(O)c(C)c1CC1=NCCN1. The van der Waals surface area contributed by atoms with Gasteiger partial charge in [-0.25, -0.2) is 0 Å². The number of aromatic hydroxyl groups is 1. The Morgan fingerprint density at radius 2 is 1.87 bits per heavy atom. The van der Waals surface area contributed by atoms with E-state index < -0.39 is 0 Å².